The summed E-state index contributed by atoms with van der Waals surface area (Å²) in [6, 6.07) is 0. The zero-order chi connectivity index (χ0) is 12.3. The van der Waals surface area contributed by atoms with Crippen molar-refractivity contribution in [3.05, 3.63) is 16.7 Å². The molecule has 0 radical (unpaired) electrons. The SMILES string of the molecule is CCc1nc(CC)n(Cc2nnc(NC)s2)n1. The molecule has 0 aliphatic rings. The van der Waals surface area contributed by atoms with Gasteiger partial charge in [-0.15, -0.1) is 10.2 Å². The van der Waals surface area contributed by atoms with Crippen LogP contribution in [0.25, 0.3) is 0 Å². The molecule has 0 unspecified atom stereocenters. The number of hydrogen-bond donors (Lipinski definition) is 1. The van der Waals surface area contributed by atoms with E-state index in [-0.39, 0.29) is 0 Å². The molecule has 2 aromatic heterocycles. The molecule has 7 heteroatoms. The second-order valence-electron chi connectivity index (χ2n) is 3.56. The quantitative estimate of drug-likeness (QED) is 0.869. The van der Waals surface area contributed by atoms with Crippen LogP contribution in [0.15, 0.2) is 0 Å². The largest absolute Gasteiger partial charge is 0.363 e. The van der Waals surface area contributed by atoms with Crippen LogP contribution in [-0.4, -0.2) is 32.0 Å². The first-order valence-corrected chi connectivity index (χ1v) is 6.51. The number of anilines is 1. The van der Waals surface area contributed by atoms with Crippen LogP contribution in [0.4, 0.5) is 5.13 Å². The van der Waals surface area contributed by atoms with E-state index >= 15 is 0 Å². The van der Waals surface area contributed by atoms with E-state index in [0.29, 0.717) is 6.54 Å². The Morgan fingerprint density at radius 2 is 2.06 bits per heavy atom. The van der Waals surface area contributed by atoms with Crippen molar-refractivity contribution in [1.82, 2.24) is 25.0 Å². The fourth-order valence-corrected chi connectivity index (χ4v) is 2.19. The Kier molecular flexibility index (Phi) is 3.68. The van der Waals surface area contributed by atoms with E-state index in [0.717, 1.165) is 34.6 Å². The number of hydrogen-bond acceptors (Lipinski definition) is 6. The highest BCUT2D eigenvalue weighted by Crippen LogP contribution is 2.15. The molecule has 0 aliphatic heterocycles. The van der Waals surface area contributed by atoms with Crippen molar-refractivity contribution in [1.29, 1.82) is 0 Å². The monoisotopic (exact) mass is 252 g/mol. The van der Waals surface area contributed by atoms with Gasteiger partial charge in [0.15, 0.2) is 5.82 Å². The number of aromatic nitrogens is 5. The summed E-state index contributed by atoms with van der Waals surface area (Å²) in [5, 5.41) is 17.3. The van der Waals surface area contributed by atoms with E-state index < -0.39 is 0 Å². The summed E-state index contributed by atoms with van der Waals surface area (Å²) in [5.41, 5.74) is 0. The molecule has 0 aromatic carbocycles. The van der Waals surface area contributed by atoms with E-state index in [4.69, 9.17) is 0 Å². The van der Waals surface area contributed by atoms with Crippen molar-refractivity contribution < 1.29 is 0 Å². The molecule has 92 valence electrons. The summed E-state index contributed by atoms with van der Waals surface area (Å²) in [5.74, 6) is 1.89. The zero-order valence-electron chi connectivity index (χ0n) is 10.3. The average molecular weight is 252 g/mol. The first-order valence-electron chi connectivity index (χ1n) is 5.69. The van der Waals surface area contributed by atoms with Gasteiger partial charge in [0.1, 0.15) is 10.8 Å². The Balaban J connectivity index is 2.19. The van der Waals surface area contributed by atoms with Crippen LogP contribution in [0.5, 0.6) is 0 Å². The first kappa shape index (κ1) is 12.0. The molecule has 17 heavy (non-hydrogen) atoms. The molecule has 6 nitrogen and oxygen atoms in total. The molecular formula is C10H16N6S. The standard InChI is InChI=1S/C10H16N6S/c1-4-7-12-8(5-2)16(15-7)6-9-13-14-10(11-3)17-9/h4-6H2,1-3H3,(H,11,14). The van der Waals surface area contributed by atoms with Gasteiger partial charge in [-0.3, -0.25) is 0 Å². The van der Waals surface area contributed by atoms with Gasteiger partial charge in [-0.2, -0.15) is 5.10 Å². The Morgan fingerprint density at radius 1 is 1.24 bits per heavy atom. The second-order valence-corrected chi connectivity index (χ2v) is 4.62. The van der Waals surface area contributed by atoms with Crippen molar-refractivity contribution in [2.75, 3.05) is 12.4 Å². The molecule has 0 bridgehead atoms. The maximum atomic E-state index is 4.46. The maximum Gasteiger partial charge on any atom is 0.205 e. The van der Waals surface area contributed by atoms with Gasteiger partial charge in [-0.25, -0.2) is 9.67 Å². The summed E-state index contributed by atoms with van der Waals surface area (Å²) in [4.78, 5) is 4.46. The lowest BCUT2D eigenvalue weighted by Gasteiger charge is -1.99. The molecule has 2 rings (SSSR count). The second kappa shape index (κ2) is 5.22. The predicted molar refractivity (Wildman–Crippen MR) is 67.3 cm³/mol. The Hall–Kier alpha value is -1.50. The van der Waals surface area contributed by atoms with Gasteiger partial charge >= 0.3 is 0 Å². The lowest BCUT2D eigenvalue weighted by atomic mass is 10.4. The Bertz CT molecular complexity index is 489. The topological polar surface area (TPSA) is 68.5 Å². The fraction of sp³-hybridized carbons (Fsp3) is 0.600. The van der Waals surface area contributed by atoms with Crippen molar-refractivity contribution in [3.63, 3.8) is 0 Å². The minimum atomic E-state index is 0.648. The van der Waals surface area contributed by atoms with Crippen LogP contribution < -0.4 is 5.32 Å². The third kappa shape index (κ3) is 2.60. The average Bonchev–Trinajstić information content (AvgIpc) is 2.95. The van der Waals surface area contributed by atoms with Gasteiger partial charge in [0, 0.05) is 19.9 Å². The molecule has 0 saturated carbocycles. The number of rotatable bonds is 5. The van der Waals surface area contributed by atoms with Gasteiger partial charge < -0.3 is 5.32 Å². The van der Waals surface area contributed by atoms with Gasteiger partial charge in [0.05, 0.1) is 6.54 Å². The molecule has 0 fully saturated rings. The molecule has 0 amide bonds. The summed E-state index contributed by atoms with van der Waals surface area (Å²) in [6.45, 7) is 4.79. The molecule has 0 atom stereocenters. The lowest BCUT2D eigenvalue weighted by Crippen LogP contribution is -2.06. The fourth-order valence-electron chi connectivity index (χ4n) is 1.51. The van der Waals surface area contributed by atoms with E-state index in [2.05, 4.69) is 39.4 Å². The Labute approximate surface area is 104 Å². The van der Waals surface area contributed by atoms with Gasteiger partial charge in [-0.1, -0.05) is 25.2 Å². The molecular weight excluding hydrogens is 236 g/mol. The van der Waals surface area contributed by atoms with Gasteiger partial charge in [0.2, 0.25) is 5.13 Å². The minimum absolute atomic E-state index is 0.648. The highest BCUT2D eigenvalue weighted by atomic mass is 32.1. The first-order chi connectivity index (χ1) is 8.26. The molecule has 0 aliphatic carbocycles. The van der Waals surface area contributed by atoms with Crippen LogP contribution in [0.2, 0.25) is 0 Å². The summed E-state index contributed by atoms with van der Waals surface area (Å²) < 4.78 is 1.92. The number of aryl methyl sites for hydroxylation is 2. The highest BCUT2D eigenvalue weighted by molar-refractivity contribution is 7.15. The molecule has 2 heterocycles. The van der Waals surface area contributed by atoms with Crippen molar-refractivity contribution in [2.24, 2.45) is 0 Å². The predicted octanol–water partition coefficient (Wildman–Crippen LogP) is 1.34. The summed E-state index contributed by atoms with van der Waals surface area (Å²) in [6.07, 6.45) is 1.74. The van der Waals surface area contributed by atoms with E-state index in [1.54, 1.807) is 11.3 Å². The van der Waals surface area contributed by atoms with Crippen LogP contribution in [0.3, 0.4) is 0 Å². The summed E-state index contributed by atoms with van der Waals surface area (Å²) in [7, 11) is 1.84. The van der Waals surface area contributed by atoms with Crippen LogP contribution >= 0.6 is 11.3 Å². The van der Waals surface area contributed by atoms with Crippen molar-refractivity contribution in [2.45, 2.75) is 33.2 Å². The van der Waals surface area contributed by atoms with E-state index in [9.17, 15) is 0 Å². The van der Waals surface area contributed by atoms with Crippen molar-refractivity contribution >= 4 is 16.5 Å². The van der Waals surface area contributed by atoms with E-state index in [1.807, 2.05) is 11.7 Å². The van der Waals surface area contributed by atoms with Gasteiger partial charge in [0.25, 0.3) is 0 Å². The van der Waals surface area contributed by atoms with E-state index in [1.165, 1.54) is 0 Å². The van der Waals surface area contributed by atoms with Crippen LogP contribution in [-0.2, 0) is 19.4 Å². The minimum Gasteiger partial charge on any atom is -0.363 e. The van der Waals surface area contributed by atoms with Crippen LogP contribution in [0.1, 0.15) is 30.5 Å². The normalized spacial score (nSPS) is 10.8. The van der Waals surface area contributed by atoms with Crippen LogP contribution in [0, 0.1) is 0 Å². The Morgan fingerprint density at radius 3 is 2.65 bits per heavy atom. The lowest BCUT2D eigenvalue weighted by molar-refractivity contribution is 0.630. The molecule has 2 aromatic rings. The maximum absolute atomic E-state index is 4.46. The molecule has 0 spiro atoms. The highest BCUT2D eigenvalue weighted by Gasteiger charge is 2.10. The molecule has 1 N–H and O–H groups in total. The van der Waals surface area contributed by atoms with Gasteiger partial charge in [-0.05, 0) is 0 Å². The number of nitrogens with zero attached hydrogens (tertiary/aromatic N) is 5. The smallest absolute Gasteiger partial charge is 0.205 e. The summed E-state index contributed by atoms with van der Waals surface area (Å²) >= 11 is 1.54. The third-order valence-corrected chi connectivity index (χ3v) is 3.32. The molecule has 0 saturated heterocycles. The number of nitrogens with one attached hydrogen (secondary N) is 1. The van der Waals surface area contributed by atoms with Crippen molar-refractivity contribution in [3.8, 4) is 0 Å². The zero-order valence-corrected chi connectivity index (χ0v) is 11.1. The third-order valence-electron chi connectivity index (χ3n) is 2.39.